The summed E-state index contributed by atoms with van der Waals surface area (Å²) in [7, 11) is -2.80. The minimum absolute atomic E-state index is 0.115. The van der Waals surface area contributed by atoms with Crippen LogP contribution >= 0.6 is 0 Å². The molecule has 0 saturated carbocycles. The molecular formula is C62H46N2Si. The summed E-state index contributed by atoms with van der Waals surface area (Å²) in [5.74, 6) is 0. The van der Waals surface area contributed by atoms with E-state index in [1.807, 2.05) is 6.20 Å². The zero-order valence-electron chi connectivity index (χ0n) is 36.5. The van der Waals surface area contributed by atoms with Gasteiger partial charge in [0.2, 0.25) is 0 Å². The highest BCUT2D eigenvalue weighted by molar-refractivity contribution is 7.19. The molecule has 9 aromatic carbocycles. The van der Waals surface area contributed by atoms with Gasteiger partial charge in [-0.2, -0.15) is 0 Å². The van der Waals surface area contributed by atoms with E-state index >= 15 is 0 Å². The Balaban J connectivity index is 1.09. The van der Waals surface area contributed by atoms with Crippen molar-refractivity contribution in [2.45, 2.75) is 19.3 Å². The molecule has 0 aliphatic heterocycles. The number of fused-ring (bicyclic) bond motifs is 6. The van der Waals surface area contributed by atoms with E-state index in [-0.39, 0.29) is 5.41 Å². The van der Waals surface area contributed by atoms with Gasteiger partial charge in [-0.25, -0.2) is 0 Å². The Kier molecular flexibility index (Phi) is 9.22. The van der Waals surface area contributed by atoms with Gasteiger partial charge in [0.05, 0.1) is 16.7 Å². The average molecular weight is 847 g/mol. The van der Waals surface area contributed by atoms with Gasteiger partial charge in [-0.3, -0.25) is 4.98 Å². The van der Waals surface area contributed by atoms with E-state index in [4.69, 9.17) is 4.98 Å². The Morgan fingerprint density at radius 1 is 0.369 bits per heavy atom. The third-order valence-electron chi connectivity index (χ3n) is 14.0. The summed E-state index contributed by atoms with van der Waals surface area (Å²) in [5, 5.41) is 7.79. The highest BCUT2D eigenvalue weighted by atomic mass is 28.3. The van der Waals surface area contributed by atoms with Gasteiger partial charge in [0, 0.05) is 33.6 Å². The lowest BCUT2D eigenvalue weighted by Gasteiger charge is -2.34. The van der Waals surface area contributed by atoms with Gasteiger partial charge in [0.1, 0.15) is 0 Å². The molecule has 0 fully saturated rings. The fourth-order valence-corrected chi connectivity index (χ4v) is 15.6. The maximum atomic E-state index is 5.23. The topological polar surface area (TPSA) is 17.8 Å². The molecule has 3 heteroatoms. The van der Waals surface area contributed by atoms with E-state index in [1.165, 1.54) is 81.5 Å². The van der Waals surface area contributed by atoms with Crippen molar-refractivity contribution >= 4 is 50.6 Å². The molecule has 0 amide bonds. The van der Waals surface area contributed by atoms with Gasteiger partial charge in [-0.15, -0.1) is 0 Å². The molecule has 1 aliphatic rings. The molecule has 11 aromatic rings. The SMILES string of the molecule is CC1(C)c2ccccc2-c2ccc(-c3cc(-c4ccc5c(c4)c4ccccc4n5-c4ccccc4)cc(-c4cc([Si](c5ccccc5)(c5ccccc5)c5ccccc5)ccn4)c3)cc21. The van der Waals surface area contributed by atoms with Crippen LogP contribution in [0.4, 0.5) is 0 Å². The lowest BCUT2D eigenvalue weighted by molar-refractivity contribution is 0.660. The maximum Gasteiger partial charge on any atom is 0.179 e. The first-order valence-corrected chi connectivity index (χ1v) is 24.6. The standard InChI is InChI=1S/C62H46N2Si/c1-62(2)57-29-17-15-27-53(57)54-33-31-44(41-58(54)62)46-37-45(43-32-34-61-56(40-43)55-28-16-18-30-60(55)64(61)48-19-7-3-8-20-48)38-47(39-46)59-42-52(35-36-63-59)65(49-21-9-4-10-22-49,50-23-11-5-12-24-50)51-25-13-6-14-26-51/h3-42H,1-2H3. The number of benzene rings is 9. The minimum atomic E-state index is -2.80. The third kappa shape index (κ3) is 6.26. The second-order valence-corrected chi connectivity index (χ2v) is 21.7. The van der Waals surface area contributed by atoms with Crippen molar-refractivity contribution in [3.05, 3.63) is 254 Å². The molecule has 0 atom stereocenters. The Morgan fingerprint density at radius 2 is 0.892 bits per heavy atom. The maximum absolute atomic E-state index is 5.23. The van der Waals surface area contributed by atoms with Crippen LogP contribution in [0, 0.1) is 0 Å². The predicted octanol–water partition coefficient (Wildman–Crippen LogP) is 12.9. The van der Waals surface area contributed by atoms with Crippen molar-refractivity contribution in [2.24, 2.45) is 0 Å². The summed E-state index contributed by atoms with van der Waals surface area (Å²) in [6, 6.07) is 87.7. The van der Waals surface area contributed by atoms with Gasteiger partial charge in [-0.05, 0) is 132 Å². The van der Waals surface area contributed by atoms with Crippen LogP contribution in [0.15, 0.2) is 243 Å². The summed E-state index contributed by atoms with van der Waals surface area (Å²) in [6.45, 7) is 4.73. The van der Waals surface area contributed by atoms with Gasteiger partial charge in [-0.1, -0.05) is 184 Å². The molecule has 0 bridgehead atoms. The van der Waals surface area contributed by atoms with E-state index < -0.39 is 8.07 Å². The van der Waals surface area contributed by atoms with E-state index in [0.717, 1.165) is 22.5 Å². The second-order valence-electron chi connectivity index (χ2n) is 17.9. The summed E-state index contributed by atoms with van der Waals surface area (Å²) >= 11 is 0. The molecule has 65 heavy (non-hydrogen) atoms. The monoisotopic (exact) mass is 846 g/mol. The summed E-state index contributed by atoms with van der Waals surface area (Å²) in [6.07, 6.45) is 2.03. The first-order chi connectivity index (χ1) is 32.0. The van der Waals surface area contributed by atoms with Crippen molar-refractivity contribution in [3.8, 4) is 50.3 Å². The lowest BCUT2D eigenvalue weighted by Crippen LogP contribution is -2.74. The molecule has 0 unspecified atom stereocenters. The molecular weight excluding hydrogens is 801 g/mol. The fourth-order valence-electron chi connectivity index (χ4n) is 10.9. The molecule has 0 radical (unpaired) electrons. The van der Waals surface area contributed by atoms with Crippen LogP contribution in [0.2, 0.25) is 0 Å². The number of hydrogen-bond donors (Lipinski definition) is 0. The average Bonchev–Trinajstić information content (AvgIpc) is 3.83. The van der Waals surface area contributed by atoms with Crippen molar-refractivity contribution in [3.63, 3.8) is 0 Å². The highest BCUT2D eigenvalue weighted by Crippen LogP contribution is 2.50. The van der Waals surface area contributed by atoms with Crippen LogP contribution in [0.25, 0.3) is 72.1 Å². The molecule has 0 saturated heterocycles. The predicted molar refractivity (Wildman–Crippen MR) is 276 cm³/mol. The minimum Gasteiger partial charge on any atom is -0.309 e. The first-order valence-electron chi connectivity index (χ1n) is 22.6. The first kappa shape index (κ1) is 38.8. The molecule has 2 nitrogen and oxygen atoms in total. The lowest BCUT2D eigenvalue weighted by atomic mass is 9.81. The summed E-state index contributed by atoms with van der Waals surface area (Å²) < 4.78 is 2.39. The van der Waals surface area contributed by atoms with Crippen molar-refractivity contribution < 1.29 is 0 Å². The van der Waals surface area contributed by atoms with Crippen LogP contribution in [0.3, 0.4) is 0 Å². The number of rotatable bonds is 8. The summed E-state index contributed by atoms with van der Waals surface area (Å²) in [5.41, 5.74) is 15.6. The molecule has 2 aromatic heterocycles. The summed E-state index contributed by atoms with van der Waals surface area (Å²) in [4.78, 5) is 5.23. The van der Waals surface area contributed by atoms with Crippen molar-refractivity contribution in [1.29, 1.82) is 0 Å². The number of aromatic nitrogens is 2. The molecule has 0 spiro atoms. The van der Waals surface area contributed by atoms with Crippen LogP contribution in [0.1, 0.15) is 25.0 Å². The van der Waals surface area contributed by atoms with Crippen LogP contribution < -0.4 is 20.7 Å². The van der Waals surface area contributed by atoms with Gasteiger partial charge in [0.25, 0.3) is 0 Å². The van der Waals surface area contributed by atoms with Gasteiger partial charge < -0.3 is 4.57 Å². The Morgan fingerprint density at radius 3 is 1.57 bits per heavy atom. The Hall–Kier alpha value is -7.85. The zero-order valence-corrected chi connectivity index (χ0v) is 37.5. The highest BCUT2D eigenvalue weighted by Gasteiger charge is 2.41. The largest absolute Gasteiger partial charge is 0.309 e. The number of pyridine rings is 1. The van der Waals surface area contributed by atoms with Crippen LogP contribution in [0.5, 0.6) is 0 Å². The van der Waals surface area contributed by atoms with Gasteiger partial charge in [0.15, 0.2) is 8.07 Å². The third-order valence-corrected chi connectivity index (χ3v) is 18.8. The number of hydrogen-bond acceptors (Lipinski definition) is 1. The fraction of sp³-hybridized carbons (Fsp3) is 0.0484. The normalized spacial score (nSPS) is 12.9. The molecule has 308 valence electrons. The van der Waals surface area contributed by atoms with Crippen molar-refractivity contribution in [1.82, 2.24) is 9.55 Å². The van der Waals surface area contributed by atoms with Gasteiger partial charge >= 0.3 is 0 Å². The number of para-hydroxylation sites is 2. The van der Waals surface area contributed by atoms with Crippen LogP contribution in [-0.4, -0.2) is 17.6 Å². The van der Waals surface area contributed by atoms with E-state index in [0.29, 0.717) is 0 Å². The number of nitrogens with zero attached hydrogens (tertiary/aromatic N) is 2. The van der Waals surface area contributed by atoms with E-state index in [9.17, 15) is 0 Å². The van der Waals surface area contributed by atoms with E-state index in [2.05, 4.69) is 255 Å². The second kappa shape index (κ2) is 15.4. The Labute approximate surface area is 381 Å². The quantitative estimate of drug-likeness (QED) is 0.110. The van der Waals surface area contributed by atoms with Crippen LogP contribution in [-0.2, 0) is 5.41 Å². The molecule has 2 heterocycles. The molecule has 1 aliphatic carbocycles. The smallest absolute Gasteiger partial charge is 0.179 e. The van der Waals surface area contributed by atoms with Crippen molar-refractivity contribution in [2.75, 3.05) is 0 Å². The van der Waals surface area contributed by atoms with E-state index in [1.54, 1.807) is 0 Å². The zero-order chi connectivity index (χ0) is 43.5. The molecule has 12 rings (SSSR count). The molecule has 0 N–H and O–H groups in total. The Bertz CT molecular complexity index is 3460.